The van der Waals surface area contributed by atoms with Gasteiger partial charge in [-0.15, -0.1) is 12.4 Å². The fraction of sp³-hybridized carbons (Fsp3) is 0.846. The average Bonchev–Trinajstić information content (AvgIpc) is 2.76. The van der Waals surface area contributed by atoms with Gasteiger partial charge in [0.1, 0.15) is 0 Å². The first-order valence-electron chi connectivity index (χ1n) is 7.01. The van der Waals surface area contributed by atoms with E-state index in [-0.39, 0.29) is 30.8 Å². The molecule has 2 saturated heterocycles. The molecular formula is C13H24ClN3O2. The monoisotopic (exact) mass is 289 g/mol. The zero-order valence-corrected chi connectivity index (χ0v) is 12.1. The number of nitrogens with zero attached hydrogens (tertiary/aromatic N) is 1. The van der Waals surface area contributed by atoms with Crippen LogP contribution in [0.4, 0.5) is 0 Å². The van der Waals surface area contributed by atoms with E-state index in [4.69, 9.17) is 0 Å². The Morgan fingerprint density at radius 3 is 2.89 bits per heavy atom. The highest BCUT2D eigenvalue weighted by Crippen LogP contribution is 2.13. The first-order valence-corrected chi connectivity index (χ1v) is 7.01. The minimum atomic E-state index is -0.0194. The van der Waals surface area contributed by atoms with E-state index in [1.165, 1.54) is 12.8 Å². The van der Waals surface area contributed by atoms with Crippen LogP contribution in [0.15, 0.2) is 0 Å². The van der Waals surface area contributed by atoms with Gasteiger partial charge in [-0.3, -0.25) is 9.59 Å². The maximum Gasteiger partial charge on any atom is 0.239 e. The van der Waals surface area contributed by atoms with Crippen LogP contribution in [0.25, 0.3) is 0 Å². The Morgan fingerprint density at radius 1 is 1.42 bits per heavy atom. The number of carbonyl (C=O) groups is 2. The minimum absolute atomic E-state index is 0. The molecule has 2 fully saturated rings. The molecule has 6 heteroatoms. The van der Waals surface area contributed by atoms with Crippen molar-refractivity contribution in [2.75, 3.05) is 32.7 Å². The molecule has 1 atom stereocenters. The Labute approximate surface area is 120 Å². The van der Waals surface area contributed by atoms with Gasteiger partial charge >= 0.3 is 0 Å². The van der Waals surface area contributed by atoms with Crippen molar-refractivity contribution in [2.45, 2.75) is 32.1 Å². The first kappa shape index (κ1) is 16.2. The number of halogens is 1. The van der Waals surface area contributed by atoms with Crippen molar-refractivity contribution in [3.63, 3.8) is 0 Å². The van der Waals surface area contributed by atoms with Crippen molar-refractivity contribution < 1.29 is 9.59 Å². The summed E-state index contributed by atoms with van der Waals surface area (Å²) in [6, 6.07) is 0. The molecule has 2 aliphatic rings. The average molecular weight is 290 g/mol. The Morgan fingerprint density at radius 2 is 2.26 bits per heavy atom. The lowest BCUT2D eigenvalue weighted by atomic mass is 9.96. The van der Waals surface area contributed by atoms with Crippen molar-refractivity contribution in [3.05, 3.63) is 0 Å². The first-order chi connectivity index (χ1) is 8.75. The molecule has 0 aromatic heterocycles. The van der Waals surface area contributed by atoms with Crippen molar-refractivity contribution in [2.24, 2.45) is 5.92 Å². The van der Waals surface area contributed by atoms with Gasteiger partial charge in [0, 0.05) is 19.5 Å². The summed E-state index contributed by atoms with van der Waals surface area (Å²) in [7, 11) is 0. The van der Waals surface area contributed by atoms with E-state index in [2.05, 4.69) is 10.6 Å². The van der Waals surface area contributed by atoms with Crippen LogP contribution in [0.5, 0.6) is 0 Å². The molecule has 110 valence electrons. The van der Waals surface area contributed by atoms with Crippen LogP contribution in [0.1, 0.15) is 32.1 Å². The van der Waals surface area contributed by atoms with E-state index >= 15 is 0 Å². The summed E-state index contributed by atoms with van der Waals surface area (Å²) in [6.07, 6.45) is 5.02. The summed E-state index contributed by atoms with van der Waals surface area (Å²) in [6.45, 7) is 3.90. The second-order valence-electron chi connectivity index (χ2n) is 5.27. The number of rotatable bonds is 5. The third-order valence-corrected chi connectivity index (χ3v) is 3.78. The number of hydrogen-bond acceptors (Lipinski definition) is 3. The summed E-state index contributed by atoms with van der Waals surface area (Å²) in [4.78, 5) is 24.7. The van der Waals surface area contributed by atoms with Gasteiger partial charge in [-0.05, 0) is 44.7 Å². The van der Waals surface area contributed by atoms with E-state index < -0.39 is 0 Å². The van der Waals surface area contributed by atoms with Crippen molar-refractivity contribution in [1.29, 1.82) is 0 Å². The normalized spacial score (nSPS) is 23.1. The summed E-state index contributed by atoms with van der Waals surface area (Å²) in [5, 5.41) is 6.29. The second-order valence-corrected chi connectivity index (χ2v) is 5.27. The van der Waals surface area contributed by atoms with Crippen LogP contribution in [-0.2, 0) is 9.59 Å². The fourth-order valence-electron chi connectivity index (χ4n) is 2.69. The topological polar surface area (TPSA) is 61.4 Å². The van der Waals surface area contributed by atoms with E-state index in [1.54, 1.807) is 4.90 Å². The molecule has 1 unspecified atom stereocenters. The Balaban J connectivity index is 0.00000180. The summed E-state index contributed by atoms with van der Waals surface area (Å²) < 4.78 is 0. The molecule has 0 aliphatic carbocycles. The summed E-state index contributed by atoms with van der Waals surface area (Å²) in [5.74, 6) is 0.781. The Bertz CT molecular complexity index is 306. The van der Waals surface area contributed by atoms with Crippen LogP contribution in [-0.4, -0.2) is 49.4 Å². The summed E-state index contributed by atoms with van der Waals surface area (Å²) >= 11 is 0. The van der Waals surface area contributed by atoms with Crippen LogP contribution >= 0.6 is 12.4 Å². The molecule has 0 saturated carbocycles. The number of hydrogen-bond donors (Lipinski definition) is 2. The van der Waals surface area contributed by atoms with Gasteiger partial charge in [-0.2, -0.15) is 0 Å². The zero-order valence-electron chi connectivity index (χ0n) is 11.3. The van der Waals surface area contributed by atoms with Crippen molar-refractivity contribution >= 4 is 24.2 Å². The van der Waals surface area contributed by atoms with Gasteiger partial charge in [0.05, 0.1) is 6.54 Å². The smallest absolute Gasteiger partial charge is 0.239 e. The molecule has 0 radical (unpaired) electrons. The van der Waals surface area contributed by atoms with Crippen LogP contribution < -0.4 is 10.6 Å². The molecule has 2 N–H and O–H groups in total. The maximum atomic E-state index is 11.7. The lowest BCUT2D eigenvalue weighted by molar-refractivity contribution is -0.133. The number of amides is 2. The standard InChI is InChI=1S/C13H23N3O2.ClH/c17-12(10-16-8-2-4-13(16)18)15-7-5-11-3-1-6-14-9-11;/h11,14H,1-10H2,(H,15,17);1H. The van der Waals surface area contributed by atoms with Gasteiger partial charge < -0.3 is 15.5 Å². The van der Waals surface area contributed by atoms with Gasteiger partial charge in [0.25, 0.3) is 0 Å². The zero-order chi connectivity index (χ0) is 12.8. The lowest BCUT2D eigenvalue weighted by Crippen LogP contribution is -2.39. The minimum Gasteiger partial charge on any atom is -0.355 e. The predicted octanol–water partition coefficient (Wildman–Crippen LogP) is 0.536. The van der Waals surface area contributed by atoms with Crippen LogP contribution in [0, 0.1) is 5.92 Å². The van der Waals surface area contributed by atoms with Gasteiger partial charge in [-0.25, -0.2) is 0 Å². The van der Waals surface area contributed by atoms with Crippen LogP contribution in [0.3, 0.4) is 0 Å². The van der Waals surface area contributed by atoms with Crippen molar-refractivity contribution in [1.82, 2.24) is 15.5 Å². The van der Waals surface area contributed by atoms with Crippen LogP contribution in [0.2, 0.25) is 0 Å². The number of likely N-dealkylation sites (tertiary alicyclic amines) is 1. The molecular weight excluding hydrogens is 266 g/mol. The van der Waals surface area contributed by atoms with Gasteiger partial charge in [-0.1, -0.05) is 0 Å². The highest BCUT2D eigenvalue weighted by Gasteiger charge is 2.22. The van der Waals surface area contributed by atoms with E-state index in [0.29, 0.717) is 12.3 Å². The molecule has 19 heavy (non-hydrogen) atoms. The Kier molecular flexibility index (Phi) is 7.16. The molecule has 2 aliphatic heterocycles. The summed E-state index contributed by atoms with van der Waals surface area (Å²) in [5.41, 5.74) is 0. The highest BCUT2D eigenvalue weighted by atomic mass is 35.5. The van der Waals surface area contributed by atoms with E-state index in [1.807, 2.05) is 0 Å². The molecule has 2 heterocycles. The number of carbonyl (C=O) groups excluding carboxylic acids is 2. The predicted molar refractivity (Wildman–Crippen MR) is 76.3 cm³/mol. The fourth-order valence-corrected chi connectivity index (χ4v) is 2.69. The molecule has 2 rings (SSSR count). The third kappa shape index (κ3) is 5.37. The highest BCUT2D eigenvalue weighted by molar-refractivity contribution is 5.86. The molecule has 0 spiro atoms. The third-order valence-electron chi connectivity index (χ3n) is 3.78. The van der Waals surface area contributed by atoms with E-state index in [9.17, 15) is 9.59 Å². The quantitative estimate of drug-likeness (QED) is 0.776. The lowest BCUT2D eigenvalue weighted by Gasteiger charge is -2.23. The largest absolute Gasteiger partial charge is 0.355 e. The SMILES string of the molecule is Cl.O=C(CN1CCCC1=O)NCCC1CCCNC1. The maximum absolute atomic E-state index is 11.7. The number of nitrogens with one attached hydrogen (secondary N) is 2. The van der Waals surface area contributed by atoms with Crippen molar-refractivity contribution in [3.8, 4) is 0 Å². The molecule has 5 nitrogen and oxygen atoms in total. The Hall–Kier alpha value is -0.810. The molecule has 2 amide bonds. The van der Waals surface area contributed by atoms with Gasteiger partial charge in [0.2, 0.25) is 11.8 Å². The van der Waals surface area contributed by atoms with Gasteiger partial charge in [0.15, 0.2) is 0 Å². The molecule has 0 aromatic carbocycles. The molecule has 0 bridgehead atoms. The molecule has 0 aromatic rings. The number of piperidine rings is 1. The second kappa shape index (κ2) is 8.38. The van der Waals surface area contributed by atoms with E-state index in [0.717, 1.165) is 39.0 Å².